The fourth-order valence-electron chi connectivity index (χ4n) is 3.07. The van der Waals surface area contributed by atoms with Gasteiger partial charge in [-0.25, -0.2) is 5.43 Å². The zero-order valence-corrected chi connectivity index (χ0v) is 19.6. The molecule has 3 aromatic rings. The minimum absolute atomic E-state index is 0.0218. The molecule has 0 aromatic heterocycles. The van der Waals surface area contributed by atoms with Crippen molar-refractivity contribution in [3.63, 3.8) is 0 Å². The topological polar surface area (TPSA) is 112 Å². The molecule has 0 aliphatic rings. The number of para-hydroxylation sites is 1. The van der Waals surface area contributed by atoms with E-state index in [-0.39, 0.29) is 12.3 Å². The molecule has 182 valence electrons. The van der Waals surface area contributed by atoms with Crippen molar-refractivity contribution >= 4 is 17.8 Å². The lowest BCUT2D eigenvalue weighted by Gasteiger charge is -2.12. The van der Waals surface area contributed by atoms with E-state index in [1.54, 1.807) is 42.5 Å². The van der Waals surface area contributed by atoms with Crippen LogP contribution in [0.15, 0.2) is 71.8 Å². The lowest BCUT2D eigenvalue weighted by molar-refractivity contribution is -0.384. The summed E-state index contributed by atoms with van der Waals surface area (Å²) in [5.74, 6) is 1.25. The molecule has 0 saturated carbocycles. The van der Waals surface area contributed by atoms with Crippen molar-refractivity contribution in [3.8, 4) is 17.2 Å². The molecule has 9 heteroatoms. The van der Waals surface area contributed by atoms with Gasteiger partial charge in [0.2, 0.25) is 0 Å². The Morgan fingerprint density at radius 3 is 2.46 bits per heavy atom. The van der Waals surface area contributed by atoms with E-state index in [2.05, 4.69) is 10.5 Å². The highest BCUT2D eigenvalue weighted by Crippen LogP contribution is 2.28. The van der Waals surface area contributed by atoms with Gasteiger partial charge >= 0.3 is 0 Å². The quantitative estimate of drug-likeness (QED) is 0.220. The second-order valence-corrected chi connectivity index (χ2v) is 7.39. The van der Waals surface area contributed by atoms with Crippen molar-refractivity contribution in [1.29, 1.82) is 0 Å². The Balaban J connectivity index is 1.63. The summed E-state index contributed by atoms with van der Waals surface area (Å²) >= 11 is 0. The molecular formula is C26H27N3O6. The highest BCUT2D eigenvalue weighted by atomic mass is 16.6. The van der Waals surface area contributed by atoms with Gasteiger partial charge in [0.1, 0.15) is 12.4 Å². The van der Waals surface area contributed by atoms with Gasteiger partial charge in [-0.1, -0.05) is 19.1 Å². The van der Waals surface area contributed by atoms with Gasteiger partial charge in [0.15, 0.2) is 11.5 Å². The maximum atomic E-state index is 12.6. The number of hydrogen-bond donors (Lipinski definition) is 1. The molecule has 0 saturated heterocycles. The summed E-state index contributed by atoms with van der Waals surface area (Å²) in [7, 11) is 0. The number of benzene rings is 3. The fraction of sp³-hybridized carbons (Fsp3) is 0.231. The van der Waals surface area contributed by atoms with Gasteiger partial charge in [-0.15, -0.1) is 0 Å². The summed E-state index contributed by atoms with van der Waals surface area (Å²) in [4.78, 5) is 22.9. The highest BCUT2D eigenvalue weighted by Gasteiger charge is 2.11. The Hall–Kier alpha value is -4.40. The average Bonchev–Trinajstić information content (AvgIpc) is 2.87. The van der Waals surface area contributed by atoms with E-state index in [1.165, 1.54) is 18.3 Å². The van der Waals surface area contributed by atoms with Gasteiger partial charge in [0.05, 0.1) is 24.4 Å². The molecular weight excluding hydrogens is 450 g/mol. The third-order valence-electron chi connectivity index (χ3n) is 4.80. The Morgan fingerprint density at radius 1 is 0.971 bits per heavy atom. The number of amides is 1. The minimum atomic E-state index is -0.447. The Kier molecular flexibility index (Phi) is 9.18. The Labute approximate surface area is 203 Å². The number of ether oxygens (including phenoxy) is 3. The first-order valence-corrected chi connectivity index (χ1v) is 11.2. The van der Waals surface area contributed by atoms with E-state index in [1.807, 2.05) is 26.0 Å². The van der Waals surface area contributed by atoms with Crippen LogP contribution in [0.1, 0.15) is 41.8 Å². The summed E-state index contributed by atoms with van der Waals surface area (Å²) in [6.45, 7) is 5.10. The maximum absolute atomic E-state index is 12.6. The van der Waals surface area contributed by atoms with Gasteiger partial charge in [0.25, 0.3) is 11.6 Å². The third-order valence-corrected chi connectivity index (χ3v) is 4.80. The predicted molar refractivity (Wildman–Crippen MR) is 132 cm³/mol. The number of nitro benzene ring substituents is 1. The lowest BCUT2D eigenvalue weighted by Crippen LogP contribution is -2.18. The highest BCUT2D eigenvalue weighted by molar-refractivity contribution is 5.95. The second-order valence-electron chi connectivity index (χ2n) is 7.39. The van der Waals surface area contributed by atoms with Gasteiger partial charge in [-0.05, 0) is 61.4 Å². The normalized spacial score (nSPS) is 10.7. The number of non-ortho nitro benzene ring substituents is 1. The van der Waals surface area contributed by atoms with Crippen molar-refractivity contribution in [2.45, 2.75) is 26.9 Å². The number of rotatable bonds is 12. The van der Waals surface area contributed by atoms with Crippen LogP contribution in [-0.4, -0.2) is 30.3 Å². The molecule has 0 aliphatic heterocycles. The van der Waals surface area contributed by atoms with E-state index in [0.29, 0.717) is 41.6 Å². The van der Waals surface area contributed by atoms with E-state index >= 15 is 0 Å². The van der Waals surface area contributed by atoms with Crippen LogP contribution < -0.4 is 19.6 Å². The lowest BCUT2D eigenvalue weighted by atomic mass is 10.2. The smallest absolute Gasteiger partial charge is 0.271 e. The third kappa shape index (κ3) is 7.29. The number of carbonyl (C=O) groups excluding carboxylic acids is 1. The molecule has 1 N–H and O–H groups in total. The summed E-state index contributed by atoms with van der Waals surface area (Å²) in [6, 6.07) is 18.4. The van der Waals surface area contributed by atoms with Crippen LogP contribution in [0.2, 0.25) is 0 Å². The molecule has 0 radical (unpaired) electrons. The minimum Gasteiger partial charge on any atom is -0.490 e. The van der Waals surface area contributed by atoms with Gasteiger partial charge in [-0.3, -0.25) is 14.9 Å². The predicted octanol–water partition coefficient (Wildman–Crippen LogP) is 5.13. The fourth-order valence-corrected chi connectivity index (χ4v) is 3.07. The van der Waals surface area contributed by atoms with Crippen LogP contribution >= 0.6 is 0 Å². The van der Waals surface area contributed by atoms with Crippen LogP contribution in [0.25, 0.3) is 0 Å². The zero-order chi connectivity index (χ0) is 25.0. The van der Waals surface area contributed by atoms with Crippen molar-refractivity contribution in [2.75, 3.05) is 13.2 Å². The molecule has 0 atom stereocenters. The summed E-state index contributed by atoms with van der Waals surface area (Å²) in [5, 5.41) is 14.9. The van der Waals surface area contributed by atoms with E-state index in [4.69, 9.17) is 14.2 Å². The molecule has 1 amide bonds. The van der Waals surface area contributed by atoms with Crippen molar-refractivity contribution in [2.24, 2.45) is 5.10 Å². The second kappa shape index (κ2) is 12.7. The molecule has 3 rings (SSSR count). The summed E-state index contributed by atoms with van der Waals surface area (Å²) in [6.07, 6.45) is 2.35. The molecule has 3 aromatic carbocycles. The van der Waals surface area contributed by atoms with Crippen LogP contribution in [0.3, 0.4) is 0 Å². The first kappa shape index (κ1) is 25.2. The standard InChI is InChI=1S/C26H27N3O6/c1-3-15-34-24-14-11-20(16-25(24)33-4-2)26(30)28-27-17-21-7-5-6-8-23(21)35-18-19-9-12-22(13-10-19)29(31)32/h5-14,16-17H,3-4,15,18H2,1-2H3,(H,28,30)/b27-17+. The van der Waals surface area contributed by atoms with Crippen LogP contribution in [0, 0.1) is 10.1 Å². The van der Waals surface area contributed by atoms with Gasteiger partial charge in [-0.2, -0.15) is 5.10 Å². The van der Waals surface area contributed by atoms with Gasteiger partial charge < -0.3 is 14.2 Å². The number of hydrogen-bond acceptors (Lipinski definition) is 7. The monoisotopic (exact) mass is 477 g/mol. The molecule has 9 nitrogen and oxygen atoms in total. The molecule has 0 fully saturated rings. The first-order chi connectivity index (χ1) is 17.0. The Morgan fingerprint density at radius 2 is 1.74 bits per heavy atom. The molecule has 0 bridgehead atoms. The molecule has 0 aliphatic carbocycles. The van der Waals surface area contributed by atoms with Gasteiger partial charge in [0, 0.05) is 23.3 Å². The molecule has 0 spiro atoms. The number of nitro groups is 1. The SMILES string of the molecule is CCCOc1ccc(C(=O)N/N=C/c2ccccc2OCc2ccc([N+](=O)[O-])cc2)cc1OCC. The van der Waals surface area contributed by atoms with Crippen LogP contribution in [0.5, 0.6) is 17.2 Å². The molecule has 0 unspecified atom stereocenters. The number of nitrogens with one attached hydrogen (secondary N) is 1. The zero-order valence-electron chi connectivity index (χ0n) is 19.6. The Bertz CT molecular complexity index is 1180. The average molecular weight is 478 g/mol. The largest absolute Gasteiger partial charge is 0.490 e. The summed E-state index contributed by atoms with van der Waals surface area (Å²) in [5.41, 5.74) is 4.36. The van der Waals surface area contributed by atoms with Crippen molar-refractivity contribution in [1.82, 2.24) is 5.43 Å². The first-order valence-electron chi connectivity index (χ1n) is 11.2. The van der Waals surface area contributed by atoms with E-state index in [9.17, 15) is 14.9 Å². The van der Waals surface area contributed by atoms with E-state index in [0.717, 1.165) is 12.0 Å². The van der Waals surface area contributed by atoms with Crippen LogP contribution in [0.4, 0.5) is 5.69 Å². The number of nitrogens with zero attached hydrogens (tertiary/aromatic N) is 2. The molecule has 0 heterocycles. The van der Waals surface area contributed by atoms with Crippen LogP contribution in [-0.2, 0) is 6.61 Å². The maximum Gasteiger partial charge on any atom is 0.271 e. The number of hydrazone groups is 1. The summed E-state index contributed by atoms with van der Waals surface area (Å²) < 4.78 is 17.1. The number of carbonyl (C=O) groups is 1. The van der Waals surface area contributed by atoms with Crippen molar-refractivity contribution < 1.29 is 23.9 Å². The van der Waals surface area contributed by atoms with Crippen molar-refractivity contribution in [3.05, 3.63) is 93.5 Å². The molecule has 35 heavy (non-hydrogen) atoms. The van der Waals surface area contributed by atoms with E-state index < -0.39 is 10.8 Å².